The standard InChI is InChI=1S/C21H19N3O2S/c1-26-17-9-5-8-16(14-17)19-18(23-21-24(19)12-13-27-21)20(25)22-11-10-15-6-3-2-4-7-15/h2-9,12-14H,10-11H2,1H3,(H,22,25). The number of hydrogen-bond acceptors (Lipinski definition) is 4. The second-order valence-electron chi connectivity index (χ2n) is 6.09. The van der Waals surface area contributed by atoms with Crippen LogP contribution in [0.1, 0.15) is 16.1 Å². The molecule has 1 amide bonds. The van der Waals surface area contributed by atoms with Crippen LogP contribution in [0, 0.1) is 0 Å². The highest BCUT2D eigenvalue weighted by molar-refractivity contribution is 7.15. The number of ether oxygens (including phenoxy) is 1. The predicted octanol–water partition coefficient (Wildman–Crippen LogP) is 4.04. The number of rotatable bonds is 6. The minimum absolute atomic E-state index is 0.167. The molecule has 0 spiro atoms. The Morgan fingerprint density at radius 3 is 2.85 bits per heavy atom. The normalized spacial score (nSPS) is 10.9. The summed E-state index contributed by atoms with van der Waals surface area (Å²) in [7, 11) is 1.63. The molecule has 0 radical (unpaired) electrons. The van der Waals surface area contributed by atoms with Gasteiger partial charge in [0.05, 0.1) is 12.8 Å². The summed E-state index contributed by atoms with van der Waals surface area (Å²) >= 11 is 1.51. The summed E-state index contributed by atoms with van der Waals surface area (Å²) in [5.74, 6) is 0.577. The van der Waals surface area contributed by atoms with Gasteiger partial charge in [0.15, 0.2) is 10.7 Å². The van der Waals surface area contributed by atoms with Crippen molar-refractivity contribution >= 4 is 22.2 Å². The van der Waals surface area contributed by atoms with Crippen LogP contribution in [0.15, 0.2) is 66.2 Å². The zero-order valence-electron chi connectivity index (χ0n) is 14.9. The molecule has 27 heavy (non-hydrogen) atoms. The molecule has 2 heterocycles. The lowest BCUT2D eigenvalue weighted by Crippen LogP contribution is -2.26. The lowest BCUT2D eigenvalue weighted by atomic mass is 10.1. The molecule has 0 aliphatic heterocycles. The highest BCUT2D eigenvalue weighted by atomic mass is 32.1. The van der Waals surface area contributed by atoms with Gasteiger partial charge in [-0.25, -0.2) is 4.98 Å². The third kappa shape index (κ3) is 3.57. The lowest BCUT2D eigenvalue weighted by Gasteiger charge is -2.08. The zero-order chi connectivity index (χ0) is 18.6. The molecule has 0 aliphatic carbocycles. The quantitative estimate of drug-likeness (QED) is 0.552. The summed E-state index contributed by atoms with van der Waals surface area (Å²) in [4.78, 5) is 18.2. The van der Waals surface area contributed by atoms with Crippen molar-refractivity contribution in [1.29, 1.82) is 0 Å². The Balaban J connectivity index is 1.61. The largest absolute Gasteiger partial charge is 0.497 e. The van der Waals surface area contributed by atoms with E-state index in [1.54, 1.807) is 7.11 Å². The van der Waals surface area contributed by atoms with Crippen molar-refractivity contribution in [2.75, 3.05) is 13.7 Å². The third-order valence-electron chi connectivity index (χ3n) is 4.36. The molecule has 0 saturated carbocycles. The summed E-state index contributed by atoms with van der Waals surface area (Å²) < 4.78 is 7.28. The first-order valence-corrected chi connectivity index (χ1v) is 9.56. The molecule has 136 valence electrons. The maximum Gasteiger partial charge on any atom is 0.272 e. The van der Waals surface area contributed by atoms with Crippen LogP contribution in [-0.4, -0.2) is 28.9 Å². The smallest absolute Gasteiger partial charge is 0.272 e. The van der Waals surface area contributed by atoms with E-state index in [0.29, 0.717) is 12.2 Å². The van der Waals surface area contributed by atoms with Gasteiger partial charge < -0.3 is 10.1 Å². The summed E-state index contributed by atoms with van der Waals surface area (Å²) in [5, 5.41) is 4.96. The van der Waals surface area contributed by atoms with E-state index >= 15 is 0 Å². The van der Waals surface area contributed by atoms with Crippen LogP contribution in [-0.2, 0) is 6.42 Å². The number of imidazole rings is 1. The van der Waals surface area contributed by atoms with Crippen LogP contribution in [0.4, 0.5) is 0 Å². The minimum atomic E-state index is -0.167. The molecule has 5 nitrogen and oxygen atoms in total. The molecule has 0 bridgehead atoms. The summed E-state index contributed by atoms with van der Waals surface area (Å²) in [6.07, 6.45) is 2.71. The fourth-order valence-corrected chi connectivity index (χ4v) is 3.75. The van der Waals surface area contributed by atoms with E-state index in [4.69, 9.17) is 4.74 Å². The number of carbonyl (C=O) groups is 1. The van der Waals surface area contributed by atoms with Crippen LogP contribution < -0.4 is 10.1 Å². The van der Waals surface area contributed by atoms with Gasteiger partial charge in [-0.1, -0.05) is 42.5 Å². The first-order chi connectivity index (χ1) is 13.3. The second kappa shape index (κ2) is 7.63. The van der Waals surface area contributed by atoms with Gasteiger partial charge >= 0.3 is 0 Å². The molecule has 0 unspecified atom stereocenters. The predicted molar refractivity (Wildman–Crippen MR) is 108 cm³/mol. The number of methoxy groups -OCH3 is 1. The highest BCUT2D eigenvalue weighted by Gasteiger charge is 2.21. The van der Waals surface area contributed by atoms with Gasteiger partial charge in [0.25, 0.3) is 5.91 Å². The Morgan fingerprint density at radius 2 is 2.04 bits per heavy atom. The zero-order valence-corrected chi connectivity index (χ0v) is 15.7. The average molecular weight is 377 g/mol. The van der Waals surface area contributed by atoms with E-state index in [-0.39, 0.29) is 5.91 Å². The number of thiazole rings is 1. The van der Waals surface area contributed by atoms with Crippen molar-refractivity contribution in [3.8, 4) is 17.0 Å². The second-order valence-corrected chi connectivity index (χ2v) is 6.96. The number of aromatic nitrogens is 2. The van der Waals surface area contributed by atoms with E-state index in [1.165, 1.54) is 16.9 Å². The minimum Gasteiger partial charge on any atom is -0.497 e. The number of carbonyl (C=O) groups excluding carboxylic acids is 1. The van der Waals surface area contributed by atoms with Crippen LogP contribution >= 0.6 is 11.3 Å². The SMILES string of the molecule is COc1cccc(-c2c(C(=O)NCCc3ccccc3)nc3sccn23)c1. The number of benzene rings is 2. The van der Waals surface area contributed by atoms with Gasteiger partial charge in [-0.15, -0.1) is 11.3 Å². The van der Waals surface area contributed by atoms with Gasteiger partial charge in [-0.3, -0.25) is 9.20 Å². The van der Waals surface area contributed by atoms with Gasteiger partial charge in [-0.05, 0) is 24.1 Å². The molecule has 0 saturated heterocycles. The number of hydrogen-bond donors (Lipinski definition) is 1. The van der Waals surface area contributed by atoms with Crippen LogP contribution in [0.3, 0.4) is 0 Å². The van der Waals surface area contributed by atoms with Crippen molar-refractivity contribution in [2.24, 2.45) is 0 Å². The van der Waals surface area contributed by atoms with Crippen molar-refractivity contribution in [3.63, 3.8) is 0 Å². The van der Waals surface area contributed by atoms with Crippen LogP contribution in [0.25, 0.3) is 16.2 Å². The number of fused-ring (bicyclic) bond motifs is 1. The topological polar surface area (TPSA) is 55.6 Å². The number of nitrogens with zero attached hydrogens (tertiary/aromatic N) is 2. The molecular weight excluding hydrogens is 358 g/mol. The molecule has 2 aromatic heterocycles. The molecule has 0 fully saturated rings. The number of nitrogens with one attached hydrogen (secondary N) is 1. The maximum atomic E-state index is 12.8. The average Bonchev–Trinajstić information content (AvgIpc) is 3.30. The molecule has 0 aliphatic rings. The Bertz CT molecular complexity index is 1070. The molecule has 2 aromatic carbocycles. The van der Waals surface area contributed by atoms with E-state index in [1.807, 2.05) is 58.4 Å². The Hall–Kier alpha value is -3.12. The van der Waals surface area contributed by atoms with Crippen molar-refractivity contribution in [2.45, 2.75) is 6.42 Å². The third-order valence-corrected chi connectivity index (χ3v) is 5.12. The highest BCUT2D eigenvalue weighted by Crippen LogP contribution is 2.29. The first-order valence-electron chi connectivity index (χ1n) is 8.68. The molecule has 4 aromatic rings. The fraction of sp³-hybridized carbons (Fsp3) is 0.143. The molecular formula is C21H19N3O2S. The summed E-state index contributed by atoms with van der Waals surface area (Å²) in [6, 6.07) is 17.8. The number of amides is 1. The lowest BCUT2D eigenvalue weighted by molar-refractivity contribution is 0.0950. The maximum absolute atomic E-state index is 12.8. The molecule has 4 rings (SSSR count). The summed E-state index contributed by atoms with van der Waals surface area (Å²) in [6.45, 7) is 0.561. The summed E-state index contributed by atoms with van der Waals surface area (Å²) in [5.41, 5.74) is 3.30. The van der Waals surface area contributed by atoms with Gasteiger partial charge in [0.2, 0.25) is 0 Å². The van der Waals surface area contributed by atoms with Gasteiger partial charge in [0.1, 0.15) is 5.75 Å². The van der Waals surface area contributed by atoms with E-state index in [9.17, 15) is 4.79 Å². The Morgan fingerprint density at radius 1 is 1.19 bits per heavy atom. The van der Waals surface area contributed by atoms with E-state index in [0.717, 1.165) is 28.4 Å². The fourth-order valence-electron chi connectivity index (χ4n) is 3.04. The van der Waals surface area contributed by atoms with Gasteiger partial charge in [-0.2, -0.15) is 0 Å². The van der Waals surface area contributed by atoms with Gasteiger partial charge in [0, 0.05) is 23.7 Å². The Labute approximate surface area is 161 Å². The monoisotopic (exact) mass is 377 g/mol. The molecule has 6 heteroatoms. The molecule has 1 N–H and O–H groups in total. The van der Waals surface area contributed by atoms with E-state index < -0.39 is 0 Å². The van der Waals surface area contributed by atoms with Crippen molar-refractivity contribution in [3.05, 3.63) is 77.4 Å². The van der Waals surface area contributed by atoms with Crippen LogP contribution in [0.2, 0.25) is 0 Å². The first kappa shape index (κ1) is 17.3. The van der Waals surface area contributed by atoms with Crippen LogP contribution in [0.5, 0.6) is 5.75 Å². The molecule has 0 atom stereocenters. The van der Waals surface area contributed by atoms with E-state index in [2.05, 4.69) is 22.4 Å². The van der Waals surface area contributed by atoms with Crippen molar-refractivity contribution in [1.82, 2.24) is 14.7 Å². The van der Waals surface area contributed by atoms with Crippen molar-refractivity contribution < 1.29 is 9.53 Å². The Kier molecular flexibility index (Phi) is 4.89.